The van der Waals surface area contributed by atoms with Crippen molar-refractivity contribution in [2.24, 2.45) is 0 Å². The third-order valence-corrected chi connectivity index (χ3v) is 6.17. The smallest absolute Gasteiger partial charge is 0.251 e. The number of halogens is 2. The van der Waals surface area contributed by atoms with Crippen LogP contribution in [0.3, 0.4) is 0 Å². The molecule has 0 unspecified atom stereocenters. The minimum Gasteiger partial charge on any atom is -0.354 e. The van der Waals surface area contributed by atoms with Gasteiger partial charge in [-0.15, -0.1) is 0 Å². The number of carbonyl (C=O) groups is 1. The predicted octanol–water partition coefficient (Wildman–Crippen LogP) is 1.76. The van der Waals surface area contributed by atoms with E-state index in [0.29, 0.717) is 23.0 Å². The van der Waals surface area contributed by atoms with Crippen LogP contribution < -0.4 is 10.9 Å². The second-order valence-corrected chi connectivity index (χ2v) is 8.95. The third-order valence-electron chi connectivity index (χ3n) is 3.78. The van der Waals surface area contributed by atoms with Gasteiger partial charge in [-0.3, -0.25) is 9.59 Å². The van der Waals surface area contributed by atoms with E-state index >= 15 is 0 Å². The Bertz CT molecular complexity index is 1000. The Labute approximate surface area is 167 Å². The summed E-state index contributed by atoms with van der Waals surface area (Å²) in [5.41, 5.74) is 0.362. The Morgan fingerprint density at radius 2 is 1.89 bits per heavy atom. The molecule has 0 bridgehead atoms. The Morgan fingerprint density at radius 3 is 2.52 bits per heavy atom. The third kappa shape index (κ3) is 5.55. The van der Waals surface area contributed by atoms with Gasteiger partial charge < -0.3 is 9.88 Å². The zero-order chi connectivity index (χ0) is 20.2. The van der Waals surface area contributed by atoms with Crippen LogP contribution in [0.4, 0.5) is 0 Å². The summed E-state index contributed by atoms with van der Waals surface area (Å²) in [7, 11) is -0.920. The largest absolute Gasteiger partial charge is 0.354 e. The van der Waals surface area contributed by atoms with Crippen molar-refractivity contribution in [1.82, 2.24) is 14.2 Å². The van der Waals surface area contributed by atoms with Gasteiger partial charge in [0.05, 0.1) is 4.90 Å². The molecule has 0 aliphatic heterocycles. The van der Waals surface area contributed by atoms with Crippen molar-refractivity contribution in [3.63, 3.8) is 0 Å². The molecule has 0 saturated carbocycles. The lowest BCUT2D eigenvalue weighted by molar-refractivity contribution is -0.121. The first-order valence-electron chi connectivity index (χ1n) is 7.95. The summed E-state index contributed by atoms with van der Waals surface area (Å²) in [6.07, 6.45) is 1.65. The van der Waals surface area contributed by atoms with Crippen molar-refractivity contribution in [2.45, 2.75) is 17.9 Å². The van der Waals surface area contributed by atoms with E-state index in [1.807, 2.05) is 0 Å². The highest BCUT2D eigenvalue weighted by atomic mass is 35.5. The lowest BCUT2D eigenvalue weighted by Crippen LogP contribution is -2.33. The molecule has 27 heavy (non-hydrogen) atoms. The van der Waals surface area contributed by atoms with Gasteiger partial charge in [-0.2, -0.15) is 0 Å². The molecule has 0 aliphatic rings. The molecular formula is C17H19Cl2N3O4S. The fraction of sp³-hybridized carbons (Fsp3) is 0.294. The monoisotopic (exact) mass is 431 g/mol. The standard InChI is InChI=1S/C17H19Cl2N3O4S/c1-21(2)27(25,26)14-5-6-17(24)22(10-14)11-16(23)20-8-7-12-3-4-13(18)9-15(12)19/h3-6,9-10H,7-8,11H2,1-2H3,(H,20,23). The number of aromatic nitrogens is 1. The molecule has 0 spiro atoms. The van der Waals surface area contributed by atoms with E-state index in [1.54, 1.807) is 18.2 Å². The fourth-order valence-corrected chi connectivity index (χ4v) is 3.69. The van der Waals surface area contributed by atoms with Crippen molar-refractivity contribution < 1.29 is 13.2 Å². The molecule has 1 aromatic heterocycles. The summed E-state index contributed by atoms with van der Waals surface area (Å²) in [5, 5.41) is 3.72. The second-order valence-electron chi connectivity index (χ2n) is 5.95. The quantitative estimate of drug-likeness (QED) is 0.723. The number of rotatable bonds is 7. The Morgan fingerprint density at radius 1 is 1.19 bits per heavy atom. The van der Waals surface area contributed by atoms with Crippen LogP contribution >= 0.6 is 23.2 Å². The summed E-state index contributed by atoms with van der Waals surface area (Å²) >= 11 is 11.9. The normalized spacial score (nSPS) is 11.6. The maximum absolute atomic E-state index is 12.2. The van der Waals surface area contributed by atoms with E-state index in [9.17, 15) is 18.0 Å². The predicted molar refractivity (Wildman–Crippen MR) is 105 cm³/mol. The van der Waals surface area contributed by atoms with E-state index in [-0.39, 0.29) is 11.4 Å². The van der Waals surface area contributed by atoms with Crippen LogP contribution in [0.2, 0.25) is 10.0 Å². The van der Waals surface area contributed by atoms with Crippen molar-refractivity contribution in [3.05, 3.63) is 62.5 Å². The van der Waals surface area contributed by atoms with Crippen LogP contribution in [0.1, 0.15) is 5.56 Å². The van der Waals surface area contributed by atoms with Gasteiger partial charge in [0.1, 0.15) is 6.54 Å². The van der Waals surface area contributed by atoms with Crippen molar-refractivity contribution in [3.8, 4) is 0 Å². The number of hydrogen-bond donors (Lipinski definition) is 1. The van der Waals surface area contributed by atoms with Crippen molar-refractivity contribution in [2.75, 3.05) is 20.6 Å². The topological polar surface area (TPSA) is 88.5 Å². The molecule has 1 aromatic carbocycles. The molecule has 1 heterocycles. The lowest BCUT2D eigenvalue weighted by atomic mass is 10.1. The Kier molecular flexibility index (Phi) is 7.05. The van der Waals surface area contributed by atoms with E-state index in [0.717, 1.165) is 26.7 Å². The van der Waals surface area contributed by atoms with Gasteiger partial charge in [0.25, 0.3) is 5.56 Å². The van der Waals surface area contributed by atoms with Gasteiger partial charge in [-0.1, -0.05) is 29.3 Å². The molecule has 0 saturated heterocycles. The molecular weight excluding hydrogens is 413 g/mol. The number of carbonyl (C=O) groups excluding carboxylic acids is 1. The first-order chi connectivity index (χ1) is 12.6. The first kappa shape index (κ1) is 21.4. The minimum atomic E-state index is -3.70. The maximum atomic E-state index is 12.2. The highest BCUT2D eigenvalue weighted by molar-refractivity contribution is 7.89. The highest BCUT2D eigenvalue weighted by Crippen LogP contribution is 2.21. The number of benzene rings is 1. The van der Waals surface area contributed by atoms with E-state index in [1.165, 1.54) is 20.2 Å². The Balaban J connectivity index is 2.02. The summed E-state index contributed by atoms with van der Waals surface area (Å²) in [4.78, 5) is 24.0. The van der Waals surface area contributed by atoms with E-state index in [4.69, 9.17) is 23.2 Å². The van der Waals surface area contributed by atoms with Gasteiger partial charge in [-0.25, -0.2) is 12.7 Å². The zero-order valence-corrected chi connectivity index (χ0v) is 17.1. The van der Waals surface area contributed by atoms with Gasteiger partial charge in [0.2, 0.25) is 15.9 Å². The van der Waals surface area contributed by atoms with Crippen LogP contribution in [-0.4, -0.2) is 43.8 Å². The molecule has 0 aliphatic carbocycles. The Hall–Kier alpha value is -1.87. The molecule has 0 fully saturated rings. The molecule has 1 amide bonds. The van der Waals surface area contributed by atoms with Crippen molar-refractivity contribution >= 4 is 39.1 Å². The van der Waals surface area contributed by atoms with Gasteiger partial charge in [0.15, 0.2) is 0 Å². The second kappa shape index (κ2) is 8.88. The molecule has 146 valence electrons. The maximum Gasteiger partial charge on any atom is 0.251 e. The summed E-state index contributed by atoms with van der Waals surface area (Å²) in [5.74, 6) is -0.415. The molecule has 2 rings (SSSR count). The molecule has 2 aromatic rings. The average molecular weight is 432 g/mol. The van der Waals surface area contributed by atoms with Gasteiger partial charge in [-0.05, 0) is 30.2 Å². The molecule has 0 atom stereocenters. The molecule has 7 nitrogen and oxygen atoms in total. The number of amides is 1. The van der Waals surface area contributed by atoms with Gasteiger partial charge >= 0.3 is 0 Å². The van der Waals surface area contributed by atoms with Crippen LogP contribution in [0.25, 0.3) is 0 Å². The highest BCUT2D eigenvalue weighted by Gasteiger charge is 2.18. The SMILES string of the molecule is CN(C)S(=O)(=O)c1ccc(=O)n(CC(=O)NCCc2ccc(Cl)cc2Cl)c1. The van der Waals surface area contributed by atoms with Crippen LogP contribution in [0, 0.1) is 0 Å². The number of hydrogen-bond acceptors (Lipinski definition) is 4. The number of nitrogens with one attached hydrogen (secondary N) is 1. The molecule has 1 N–H and O–H groups in total. The molecule has 0 radical (unpaired) electrons. The lowest BCUT2D eigenvalue weighted by Gasteiger charge is -2.13. The minimum absolute atomic E-state index is 0.0622. The van der Waals surface area contributed by atoms with Crippen molar-refractivity contribution in [1.29, 1.82) is 0 Å². The fourth-order valence-electron chi connectivity index (χ4n) is 2.27. The van der Waals surface area contributed by atoms with Crippen LogP contribution in [-0.2, 0) is 27.8 Å². The van der Waals surface area contributed by atoms with E-state index < -0.39 is 21.5 Å². The van der Waals surface area contributed by atoms with Crippen LogP contribution in [0.15, 0.2) is 46.2 Å². The summed E-state index contributed by atoms with van der Waals surface area (Å²) < 4.78 is 26.4. The van der Waals surface area contributed by atoms with E-state index in [2.05, 4.69) is 5.32 Å². The summed E-state index contributed by atoms with van der Waals surface area (Å²) in [6.45, 7) is 0.0224. The zero-order valence-electron chi connectivity index (χ0n) is 14.8. The van der Waals surface area contributed by atoms with Gasteiger partial charge in [0, 0.05) is 42.9 Å². The summed E-state index contributed by atoms with van der Waals surface area (Å²) in [6, 6.07) is 7.44. The first-order valence-corrected chi connectivity index (χ1v) is 10.1. The number of sulfonamides is 1. The number of pyridine rings is 1. The van der Waals surface area contributed by atoms with Crippen LogP contribution in [0.5, 0.6) is 0 Å². The number of nitrogens with zero attached hydrogens (tertiary/aromatic N) is 2. The average Bonchev–Trinajstić information content (AvgIpc) is 2.58. The molecule has 10 heteroatoms.